The number of hydrogen-bond donors (Lipinski definition) is 0. The summed E-state index contributed by atoms with van der Waals surface area (Å²) in [4.78, 5) is 0. The van der Waals surface area contributed by atoms with E-state index in [0.717, 1.165) is 5.69 Å². The van der Waals surface area contributed by atoms with Crippen LogP contribution in [0.2, 0.25) is 0 Å². The molecule has 1 aromatic heterocycles. The van der Waals surface area contributed by atoms with Gasteiger partial charge >= 0.3 is 0 Å². The molecule has 2 rings (SSSR count). The van der Waals surface area contributed by atoms with Gasteiger partial charge in [-0.15, -0.1) is 5.10 Å². The zero-order valence-corrected chi connectivity index (χ0v) is 9.18. The second-order valence-corrected chi connectivity index (χ2v) is 3.95. The molecule has 4 nitrogen and oxygen atoms in total. The minimum Gasteiger partial charge on any atom is -0.201 e. The van der Waals surface area contributed by atoms with Crippen molar-refractivity contribution >= 4 is 0 Å². The molecule has 0 spiro atoms. The fourth-order valence-corrected chi connectivity index (χ4v) is 1.67. The van der Waals surface area contributed by atoms with Crippen molar-refractivity contribution in [3.05, 3.63) is 35.7 Å². The number of tetrazole rings is 1. The zero-order valence-electron chi connectivity index (χ0n) is 9.18. The van der Waals surface area contributed by atoms with Gasteiger partial charge in [-0.1, -0.05) is 19.9 Å². The van der Waals surface area contributed by atoms with Crippen LogP contribution in [0.25, 0.3) is 5.69 Å². The van der Waals surface area contributed by atoms with E-state index in [1.807, 2.05) is 6.07 Å². The normalized spacial score (nSPS) is 10.9. The monoisotopic (exact) mass is 202 g/mol. The largest absolute Gasteiger partial charge is 0.201 e. The summed E-state index contributed by atoms with van der Waals surface area (Å²) in [7, 11) is 0. The third-order valence-electron chi connectivity index (χ3n) is 2.50. The van der Waals surface area contributed by atoms with Crippen molar-refractivity contribution in [3.63, 3.8) is 0 Å². The molecule has 0 unspecified atom stereocenters. The highest BCUT2D eigenvalue weighted by Crippen LogP contribution is 2.21. The van der Waals surface area contributed by atoms with Crippen LogP contribution in [0.15, 0.2) is 24.5 Å². The maximum absolute atomic E-state index is 3.87. The Balaban J connectivity index is 2.48. The van der Waals surface area contributed by atoms with Crippen molar-refractivity contribution in [3.8, 4) is 5.69 Å². The van der Waals surface area contributed by atoms with Gasteiger partial charge in [0.15, 0.2) is 0 Å². The summed E-state index contributed by atoms with van der Waals surface area (Å²) in [6.45, 7) is 6.50. The van der Waals surface area contributed by atoms with Crippen LogP contribution in [0.3, 0.4) is 0 Å². The molecule has 0 aliphatic carbocycles. The Morgan fingerprint density at radius 1 is 1.27 bits per heavy atom. The number of benzene rings is 1. The van der Waals surface area contributed by atoms with E-state index in [1.54, 1.807) is 11.0 Å². The van der Waals surface area contributed by atoms with Crippen LogP contribution in [0.5, 0.6) is 0 Å². The third-order valence-corrected chi connectivity index (χ3v) is 2.50. The fourth-order valence-electron chi connectivity index (χ4n) is 1.67. The van der Waals surface area contributed by atoms with Crippen LogP contribution in [0, 0.1) is 6.92 Å². The van der Waals surface area contributed by atoms with Crippen LogP contribution in [0.1, 0.15) is 30.9 Å². The molecule has 78 valence electrons. The summed E-state index contributed by atoms with van der Waals surface area (Å²) in [5, 5.41) is 11.1. The lowest BCUT2D eigenvalue weighted by molar-refractivity contribution is 0.782. The van der Waals surface area contributed by atoms with Gasteiger partial charge in [0, 0.05) is 0 Å². The van der Waals surface area contributed by atoms with Crippen LogP contribution < -0.4 is 0 Å². The van der Waals surface area contributed by atoms with E-state index in [-0.39, 0.29) is 0 Å². The maximum atomic E-state index is 3.87. The SMILES string of the molecule is Cc1ccc(-n2cnnn2)cc1C(C)C. The molecule has 0 N–H and O–H groups in total. The quantitative estimate of drug-likeness (QED) is 0.749. The minimum atomic E-state index is 0.515. The Hall–Kier alpha value is -1.71. The first-order chi connectivity index (χ1) is 7.18. The van der Waals surface area contributed by atoms with Gasteiger partial charge in [0.05, 0.1) is 5.69 Å². The molecule has 0 bridgehead atoms. The molecular formula is C11H14N4. The summed E-state index contributed by atoms with van der Waals surface area (Å²) < 4.78 is 1.67. The zero-order chi connectivity index (χ0) is 10.8. The smallest absolute Gasteiger partial charge is 0.143 e. The average Bonchev–Trinajstić information content (AvgIpc) is 2.71. The molecule has 0 saturated heterocycles. The lowest BCUT2D eigenvalue weighted by Gasteiger charge is -2.11. The van der Waals surface area contributed by atoms with Crippen molar-refractivity contribution in [2.24, 2.45) is 0 Å². The first-order valence-electron chi connectivity index (χ1n) is 5.02. The number of nitrogens with zero attached hydrogens (tertiary/aromatic N) is 4. The first kappa shape index (κ1) is 9.83. The van der Waals surface area contributed by atoms with Crippen molar-refractivity contribution in [2.75, 3.05) is 0 Å². The van der Waals surface area contributed by atoms with Crippen molar-refractivity contribution in [1.82, 2.24) is 20.2 Å². The molecule has 1 heterocycles. The van der Waals surface area contributed by atoms with E-state index in [0.29, 0.717) is 5.92 Å². The van der Waals surface area contributed by atoms with Gasteiger partial charge in [-0.3, -0.25) is 0 Å². The van der Waals surface area contributed by atoms with E-state index in [4.69, 9.17) is 0 Å². The molecule has 4 heteroatoms. The van der Waals surface area contributed by atoms with Crippen molar-refractivity contribution < 1.29 is 0 Å². The standard InChI is InChI=1S/C11H14N4/c1-8(2)11-6-10(5-4-9(11)3)15-7-12-13-14-15/h4-8H,1-3H3. The second-order valence-electron chi connectivity index (χ2n) is 3.95. The number of hydrogen-bond acceptors (Lipinski definition) is 3. The lowest BCUT2D eigenvalue weighted by Crippen LogP contribution is -1.99. The molecule has 0 atom stereocenters. The van der Waals surface area contributed by atoms with Crippen molar-refractivity contribution in [1.29, 1.82) is 0 Å². The Kier molecular flexibility index (Phi) is 2.49. The summed E-state index contributed by atoms with van der Waals surface area (Å²) in [5.41, 5.74) is 3.65. The van der Waals surface area contributed by atoms with Gasteiger partial charge in [-0.25, -0.2) is 4.68 Å². The van der Waals surface area contributed by atoms with Gasteiger partial charge in [0.1, 0.15) is 6.33 Å². The Labute approximate surface area is 88.9 Å². The van der Waals surface area contributed by atoms with Crippen LogP contribution in [-0.4, -0.2) is 20.2 Å². The van der Waals surface area contributed by atoms with Gasteiger partial charge in [-0.05, 0) is 46.5 Å². The highest BCUT2D eigenvalue weighted by molar-refractivity contribution is 5.40. The summed E-state index contributed by atoms with van der Waals surface area (Å²) in [6.07, 6.45) is 1.61. The third kappa shape index (κ3) is 1.88. The van der Waals surface area contributed by atoms with Gasteiger partial charge in [0.2, 0.25) is 0 Å². The lowest BCUT2D eigenvalue weighted by atomic mass is 9.97. The molecule has 0 radical (unpaired) electrons. The number of aromatic nitrogens is 4. The number of rotatable bonds is 2. The van der Waals surface area contributed by atoms with E-state index in [1.165, 1.54) is 11.1 Å². The average molecular weight is 202 g/mol. The Morgan fingerprint density at radius 2 is 2.07 bits per heavy atom. The molecule has 0 fully saturated rings. The first-order valence-corrected chi connectivity index (χ1v) is 5.02. The highest BCUT2D eigenvalue weighted by atomic mass is 15.5. The van der Waals surface area contributed by atoms with Crippen LogP contribution in [-0.2, 0) is 0 Å². The highest BCUT2D eigenvalue weighted by Gasteiger charge is 2.06. The number of aryl methyl sites for hydroxylation is 1. The van der Waals surface area contributed by atoms with Gasteiger partial charge < -0.3 is 0 Å². The van der Waals surface area contributed by atoms with E-state index < -0.39 is 0 Å². The predicted molar refractivity (Wildman–Crippen MR) is 58.0 cm³/mol. The molecule has 0 aliphatic rings. The van der Waals surface area contributed by atoms with Gasteiger partial charge in [0.25, 0.3) is 0 Å². The molecule has 0 aliphatic heterocycles. The molecular weight excluding hydrogens is 188 g/mol. The van der Waals surface area contributed by atoms with Crippen LogP contribution in [0.4, 0.5) is 0 Å². The summed E-state index contributed by atoms with van der Waals surface area (Å²) in [5.74, 6) is 0.515. The van der Waals surface area contributed by atoms with E-state index in [2.05, 4.69) is 48.4 Å². The molecule has 15 heavy (non-hydrogen) atoms. The van der Waals surface area contributed by atoms with Crippen LogP contribution >= 0.6 is 0 Å². The molecule has 1 aromatic carbocycles. The van der Waals surface area contributed by atoms with Crippen molar-refractivity contribution in [2.45, 2.75) is 26.7 Å². The second kappa shape index (κ2) is 3.81. The Morgan fingerprint density at radius 3 is 2.67 bits per heavy atom. The fraction of sp³-hybridized carbons (Fsp3) is 0.364. The summed E-state index contributed by atoms with van der Waals surface area (Å²) in [6, 6.07) is 6.26. The molecule has 0 amide bonds. The van der Waals surface area contributed by atoms with E-state index in [9.17, 15) is 0 Å². The molecule has 2 aromatic rings. The van der Waals surface area contributed by atoms with E-state index >= 15 is 0 Å². The van der Waals surface area contributed by atoms with Gasteiger partial charge in [-0.2, -0.15) is 0 Å². The molecule has 0 saturated carbocycles. The predicted octanol–water partition coefficient (Wildman–Crippen LogP) is 2.09. The topological polar surface area (TPSA) is 43.6 Å². The Bertz CT molecular complexity index is 446. The minimum absolute atomic E-state index is 0.515. The summed E-state index contributed by atoms with van der Waals surface area (Å²) >= 11 is 0. The maximum Gasteiger partial charge on any atom is 0.143 e.